The van der Waals surface area contributed by atoms with Gasteiger partial charge >= 0.3 is 0 Å². The quantitative estimate of drug-likeness (QED) is 0.571. The number of sulfone groups is 1. The number of benzene rings is 1. The van der Waals surface area contributed by atoms with E-state index in [-0.39, 0.29) is 9.79 Å². The minimum Gasteiger partial charge on any atom is -0.384 e. The molecule has 0 aliphatic heterocycles. The summed E-state index contributed by atoms with van der Waals surface area (Å²) in [5.41, 5.74) is 0.440. The Kier molecular flexibility index (Phi) is 6.65. The Morgan fingerprint density at radius 3 is 2.53 bits per heavy atom. The van der Waals surface area contributed by atoms with E-state index in [0.29, 0.717) is 42.6 Å². The zero-order chi connectivity index (χ0) is 22.9. The van der Waals surface area contributed by atoms with E-state index < -0.39 is 19.9 Å². The van der Waals surface area contributed by atoms with E-state index in [0.717, 1.165) is 38.4 Å². The van der Waals surface area contributed by atoms with E-state index in [9.17, 15) is 16.8 Å². The normalized spacial score (nSPS) is 26.1. The lowest BCUT2D eigenvalue weighted by Gasteiger charge is -2.36. The molecule has 2 fully saturated rings. The molecule has 0 saturated heterocycles. The molecule has 0 spiro atoms. The van der Waals surface area contributed by atoms with Gasteiger partial charge in [0.05, 0.1) is 16.9 Å². The van der Waals surface area contributed by atoms with E-state index in [1.54, 1.807) is 12.3 Å². The highest BCUT2D eigenvalue weighted by Gasteiger charge is 2.31. The Balaban J connectivity index is 1.47. The van der Waals surface area contributed by atoms with Crippen LogP contribution in [-0.4, -0.2) is 45.7 Å². The monoisotopic (exact) mass is 480 g/mol. The third-order valence-corrected chi connectivity index (χ3v) is 9.56. The van der Waals surface area contributed by atoms with Crippen molar-refractivity contribution in [3.63, 3.8) is 0 Å². The molecular weight excluding hydrogens is 448 g/mol. The summed E-state index contributed by atoms with van der Waals surface area (Å²) in [6.45, 7) is 3.16. The van der Waals surface area contributed by atoms with Crippen molar-refractivity contribution in [2.24, 2.45) is 17.8 Å². The van der Waals surface area contributed by atoms with Gasteiger partial charge in [-0.15, -0.1) is 0 Å². The molecule has 8 nitrogen and oxygen atoms in total. The van der Waals surface area contributed by atoms with Crippen LogP contribution in [0.2, 0.25) is 0 Å². The van der Waals surface area contributed by atoms with Crippen LogP contribution in [0, 0.1) is 17.8 Å². The molecule has 1 aromatic carbocycles. The van der Waals surface area contributed by atoms with Crippen LogP contribution in [0.25, 0.3) is 0 Å². The zero-order valence-electron chi connectivity index (χ0n) is 18.6. The second-order valence-electron chi connectivity index (χ2n) is 9.33. The van der Waals surface area contributed by atoms with Gasteiger partial charge in [-0.25, -0.2) is 26.5 Å². The highest BCUT2D eigenvalue weighted by Crippen LogP contribution is 2.38. The lowest BCUT2D eigenvalue weighted by Crippen LogP contribution is -2.33. The number of hydrogen-bond acceptors (Lipinski definition) is 6. The van der Waals surface area contributed by atoms with Crippen molar-refractivity contribution in [2.45, 2.75) is 54.9 Å². The molecule has 2 aliphatic rings. The van der Waals surface area contributed by atoms with Gasteiger partial charge in [0.15, 0.2) is 9.84 Å². The van der Waals surface area contributed by atoms with E-state index in [2.05, 4.69) is 26.5 Å². The van der Waals surface area contributed by atoms with E-state index in [1.807, 2.05) is 12.5 Å². The average molecular weight is 481 g/mol. The summed E-state index contributed by atoms with van der Waals surface area (Å²) in [5.74, 6) is 1.22. The second-order valence-corrected chi connectivity index (χ2v) is 13.1. The average Bonchev–Trinajstić information content (AvgIpc) is 3.36. The van der Waals surface area contributed by atoms with Gasteiger partial charge < -0.3 is 9.88 Å². The summed E-state index contributed by atoms with van der Waals surface area (Å²) in [4.78, 5) is 4.08. The molecule has 0 amide bonds. The lowest BCUT2D eigenvalue weighted by molar-refractivity contribution is 0.209. The molecule has 0 radical (unpaired) electrons. The van der Waals surface area contributed by atoms with Gasteiger partial charge in [-0.05, 0) is 55.2 Å². The van der Waals surface area contributed by atoms with Gasteiger partial charge in [0.1, 0.15) is 4.90 Å². The SMILES string of the molecule is CC1CCCC1CNS(=O)(=O)c1cc(S(C)(=O)=O)ccc1NCC1CC(n2ccnc2)C1. The lowest BCUT2D eigenvalue weighted by atomic mass is 9.80. The second kappa shape index (κ2) is 9.15. The molecule has 32 heavy (non-hydrogen) atoms. The van der Waals surface area contributed by atoms with Gasteiger partial charge in [0, 0.05) is 37.8 Å². The van der Waals surface area contributed by atoms with Crippen LogP contribution in [0.15, 0.2) is 46.7 Å². The number of imidazole rings is 1. The fraction of sp³-hybridized carbons (Fsp3) is 0.591. The van der Waals surface area contributed by atoms with Crippen molar-refractivity contribution in [1.82, 2.24) is 14.3 Å². The molecule has 0 bridgehead atoms. The number of rotatable bonds is 9. The van der Waals surface area contributed by atoms with E-state index in [4.69, 9.17) is 0 Å². The predicted molar refractivity (Wildman–Crippen MR) is 124 cm³/mol. The first-order valence-electron chi connectivity index (χ1n) is 11.2. The first kappa shape index (κ1) is 23.3. The van der Waals surface area contributed by atoms with Gasteiger partial charge in [0.25, 0.3) is 0 Å². The van der Waals surface area contributed by atoms with Gasteiger partial charge in [0.2, 0.25) is 10.0 Å². The Morgan fingerprint density at radius 1 is 1.12 bits per heavy atom. The number of nitrogens with zero attached hydrogens (tertiary/aromatic N) is 2. The van der Waals surface area contributed by atoms with Crippen molar-refractivity contribution in [3.05, 3.63) is 36.9 Å². The van der Waals surface area contributed by atoms with Gasteiger partial charge in [-0.1, -0.05) is 19.8 Å². The summed E-state index contributed by atoms with van der Waals surface area (Å²) in [7, 11) is -7.38. The van der Waals surface area contributed by atoms with Crippen LogP contribution in [0.5, 0.6) is 0 Å². The minimum absolute atomic E-state index is 0.00137. The highest BCUT2D eigenvalue weighted by atomic mass is 32.2. The van der Waals surface area contributed by atoms with Crippen molar-refractivity contribution in [3.8, 4) is 0 Å². The van der Waals surface area contributed by atoms with Crippen LogP contribution in [0.1, 0.15) is 45.1 Å². The number of anilines is 1. The largest absolute Gasteiger partial charge is 0.384 e. The molecule has 2 unspecified atom stereocenters. The van der Waals surface area contributed by atoms with Crippen LogP contribution >= 0.6 is 0 Å². The Hall–Kier alpha value is -1.91. The molecule has 1 heterocycles. The van der Waals surface area contributed by atoms with Crippen molar-refractivity contribution < 1.29 is 16.8 Å². The number of nitrogens with one attached hydrogen (secondary N) is 2. The van der Waals surface area contributed by atoms with Gasteiger partial charge in [-0.2, -0.15) is 0 Å². The first-order valence-corrected chi connectivity index (χ1v) is 14.6. The Bertz CT molecular complexity index is 1140. The van der Waals surface area contributed by atoms with Crippen LogP contribution in [-0.2, 0) is 19.9 Å². The summed E-state index contributed by atoms with van der Waals surface area (Å²) < 4.78 is 55.3. The maximum atomic E-state index is 13.2. The summed E-state index contributed by atoms with van der Waals surface area (Å²) in [6, 6.07) is 4.72. The molecule has 2 saturated carbocycles. The predicted octanol–water partition coefficient (Wildman–Crippen LogP) is 3.06. The van der Waals surface area contributed by atoms with Crippen LogP contribution in [0.3, 0.4) is 0 Å². The molecule has 10 heteroatoms. The maximum absolute atomic E-state index is 13.2. The highest BCUT2D eigenvalue weighted by molar-refractivity contribution is 7.91. The van der Waals surface area contributed by atoms with Crippen molar-refractivity contribution >= 4 is 25.5 Å². The molecule has 2 atom stereocenters. The maximum Gasteiger partial charge on any atom is 0.242 e. The smallest absolute Gasteiger partial charge is 0.242 e. The Labute approximate surface area is 190 Å². The Morgan fingerprint density at radius 2 is 1.91 bits per heavy atom. The topological polar surface area (TPSA) is 110 Å². The number of aromatic nitrogens is 2. The van der Waals surface area contributed by atoms with Crippen LogP contribution < -0.4 is 10.0 Å². The molecule has 1 aromatic heterocycles. The minimum atomic E-state index is -3.86. The summed E-state index contributed by atoms with van der Waals surface area (Å²) >= 11 is 0. The molecule has 2 N–H and O–H groups in total. The fourth-order valence-electron chi connectivity index (χ4n) is 4.77. The summed E-state index contributed by atoms with van der Waals surface area (Å²) in [6.07, 6.45) is 11.9. The molecule has 2 aromatic rings. The molecule has 176 valence electrons. The molecule has 2 aliphatic carbocycles. The third kappa shape index (κ3) is 5.18. The van der Waals surface area contributed by atoms with E-state index >= 15 is 0 Å². The van der Waals surface area contributed by atoms with Gasteiger partial charge in [-0.3, -0.25) is 0 Å². The molecule has 4 rings (SSSR count). The summed E-state index contributed by atoms with van der Waals surface area (Å²) in [5, 5.41) is 3.26. The molecular formula is C22H32N4O4S2. The van der Waals surface area contributed by atoms with E-state index in [1.165, 1.54) is 12.1 Å². The standard InChI is InChI=1S/C22H32N4O4S2/c1-16-4-3-5-18(16)14-25-32(29,30)22-12-20(31(2,27)28)6-7-21(22)24-13-17-10-19(11-17)26-9-8-23-15-26/h6-9,12,15-19,24-25H,3-5,10-11,13-14H2,1-2H3. The first-order chi connectivity index (χ1) is 15.1. The van der Waals surface area contributed by atoms with Crippen molar-refractivity contribution in [2.75, 3.05) is 24.7 Å². The fourth-order valence-corrected chi connectivity index (χ4v) is 6.79. The zero-order valence-corrected chi connectivity index (χ0v) is 20.2. The third-order valence-electron chi connectivity index (χ3n) is 6.98. The van der Waals surface area contributed by atoms with Crippen molar-refractivity contribution in [1.29, 1.82) is 0 Å². The van der Waals surface area contributed by atoms with Crippen LogP contribution in [0.4, 0.5) is 5.69 Å². The number of hydrogen-bond donors (Lipinski definition) is 2. The number of sulfonamides is 1.